The Balaban J connectivity index is 2.55. The minimum atomic E-state index is -0.200. The molecule has 0 heterocycles. The van der Waals surface area contributed by atoms with E-state index in [1.165, 1.54) is 0 Å². The number of hydrogen-bond acceptors (Lipinski definition) is 2. The Labute approximate surface area is 98.4 Å². The molecule has 16 heavy (non-hydrogen) atoms. The van der Waals surface area contributed by atoms with Crippen LogP contribution in [-0.2, 0) is 9.53 Å². The van der Waals surface area contributed by atoms with Gasteiger partial charge in [-0.2, -0.15) is 0 Å². The normalized spacial score (nSPS) is 18.1. The standard InChI is InChI=1S/C14H22O2/c1-10(2)14(11(3)4)16-13(15)9-12-7-5-6-8-12/h5,7,9-11,14H,6,8H2,1-4H3/b12-9+. The number of ether oxygens (including phenoxy) is 1. The van der Waals surface area contributed by atoms with Gasteiger partial charge in [-0.1, -0.05) is 39.8 Å². The van der Waals surface area contributed by atoms with Crippen molar-refractivity contribution in [1.82, 2.24) is 0 Å². The minimum Gasteiger partial charge on any atom is -0.459 e. The lowest BCUT2D eigenvalue weighted by Gasteiger charge is -2.24. The monoisotopic (exact) mass is 222 g/mol. The minimum absolute atomic E-state index is 0.00901. The second-order valence-corrected chi connectivity index (χ2v) is 5.05. The van der Waals surface area contributed by atoms with Crippen LogP contribution in [0.2, 0.25) is 0 Å². The molecule has 0 radical (unpaired) electrons. The molecule has 1 aliphatic rings. The summed E-state index contributed by atoms with van der Waals surface area (Å²) in [7, 11) is 0. The van der Waals surface area contributed by atoms with E-state index >= 15 is 0 Å². The molecular formula is C14H22O2. The van der Waals surface area contributed by atoms with Crippen molar-refractivity contribution in [3.8, 4) is 0 Å². The van der Waals surface area contributed by atoms with E-state index in [9.17, 15) is 4.79 Å². The number of carbonyl (C=O) groups is 1. The van der Waals surface area contributed by atoms with Crippen LogP contribution in [0.4, 0.5) is 0 Å². The summed E-state index contributed by atoms with van der Waals surface area (Å²) in [6, 6.07) is 0. The highest BCUT2D eigenvalue weighted by atomic mass is 16.5. The van der Waals surface area contributed by atoms with E-state index in [1.54, 1.807) is 6.08 Å². The molecule has 0 aromatic rings. The molecule has 0 aliphatic heterocycles. The van der Waals surface area contributed by atoms with Gasteiger partial charge in [0.2, 0.25) is 0 Å². The highest BCUT2D eigenvalue weighted by molar-refractivity contribution is 5.83. The zero-order valence-corrected chi connectivity index (χ0v) is 10.7. The molecule has 2 nitrogen and oxygen atoms in total. The Morgan fingerprint density at radius 3 is 2.38 bits per heavy atom. The van der Waals surface area contributed by atoms with Gasteiger partial charge < -0.3 is 4.74 Å². The second-order valence-electron chi connectivity index (χ2n) is 5.05. The molecule has 0 amide bonds. The lowest BCUT2D eigenvalue weighted by molar-refractivity contribution is -0.147. The Kier molecular flexibility index (Phi) is 4.78. The summed E-state index contributed by atoms with van der Waals surface area (Å²) < 4.78 is 5.49. The Morgan fingerprint density at radius 2 is 1.94 bits per heavy atom. The Morgan fingerprint density at radius 1 is 1.31 bits per heavy atom. The summed E-state index contributed by atoms with van der Waals surface area (Å²) in [4.78, 5) is 11.7. The molecule has 0 saturated carbocycles. The van der Waals surface area contributed by atoms with E-state index in [0.717, 1.165) is 18.4 Å². The van der Waals surface area contributed by atoms with Crippen molar-refractivity contribution in [2.75, 3.05) is 0 Å². The highest BCUT2D eigenvalue weighted by Crippen LogP contribution is 2.19. The van der Waals surface area contributed by atoms with Crippen LogP contribution >= 0.6 is 0 Å². The van der Waals surface area contributed by atoms with Crippen molar-refractivity contribution in [2.24, 2.45) is 11.8 Å². The van der Waals surface area contributed by atoms with E-state index in [0.29, 0.717) is 11.8 Å². The second kappa shape index (κ2) is 5.88. The predicted octanol–water partition coefficient (Wildman–Crippen LogP) is 3.49. The van der Waals surface area contributed by atoms with Crippen LogP contribution in [0.5, 0.6) is 0 Å². The number of allylic oxidation sites excluding steroid dienone is 3. The van der Waals surface area contributed by atoms with Gasteiger partial charge in [0.1, 0.15) is 6.10 Å². The lowest BCUT2D eigenvalue weighted by atomic mass is 9.96. The molecule has 2 heteroatoms. The summed E-state index contributed by atoms with van der Waals surface area (Å²) in [5.41, 5.74) is 1.08. The summed E-state index contributed by atoms with van der Waals surface area (Å²) in [5.74, 6) is 0.525. The van der Waals surface area contributed by atoms with Gasteiger partial charge in [0.05, 0.1) is 0 Å². The van der Waals surface area contributed by atoms with Crippen molar-refractivity contribution in [3.63, 3.8) is 0 Å². The number of rotatable bonds is 4. The van der Waals surface area contributed by atoms with E-state index in [2.05, 4.69) is 33.8 Å². The Hall–Kier alpha value is -1.05. The van der Waals surface area contributed by atoms with Gasteiger partial charge in [-0.25, -0.2) is 4.79 Å². The van der Waals surface area contributed by atoms with E-state index in [4.69, 9.17) is 4.74 Å². The Bertz CT molecular complexity index is 290. The van der Waals surface area contributed by atoms with Gasteiger partial charge in [0.25, 0.3) is 0 Å². The van der Waals surface area contributed by atoms with Gasteiger partial charge in [-0.15, -0.1) is 0 Å². The van der Waals surface area contributed by atoms with Crippen molar-refractivity contribution in [3.05, 3.63) is 23.8 Å². The first-order valence-electron chi connectivity index (χ1n) is 6.08. The van der Waals surface area contributed by atoms with Crippen LogP contribution in [0, 0.1) is 11.8 Å². The van der Waals surface area contributed by atoms with Crippen LogP contribution in [0.1, 0.15) is 40.5 Å². The predicted molar refractivity (Wildman–Crippen MR) is 66.0 cm³/mol. The first-order chi connectivity index (χ1) is 7.50. The zero-order chi connectivity index (χ0) is 12.1. The number of esters is 1. The average Bonchev–Trinajstić information content (AvgIpc) is 2.65. The third-order valence-corrected chi connectivity index (χ3v) is 2.80. The van der Waals surface area contributed by atoms with Crippen LogP contribution in [0.15, 0.2) is 23.8 Å². The van der Waals surface area contributed by atoms with Gasteiger partial charge >= 0.3 is 5.97 Å². The van der Waals surface area contributed by atoms with Crippen molar-refractivity contribution >= 4 is 5.97 Å². The van der Waals surface area contributed by atoms with Crippen molar-refractivity contribution < 1.29 is 9.53 Å². The molecule has 0 unspecified atom stereocenters. The number of carbonyl (C=O) groups excluding carboxylic acids is 1. The maximum absolute atomic E-state index is 11.7. The van der Waals surface area contributed by atoms with Gasteiger partial charge in [-0.05, 0) is 30.3 Å². The van der Waals surface area contributed by atoms with Crippen molar-refractivity contribution in [1.29, 1.82) is 0 Å². The quantitative estimate of drug-likeness (QED) is 0.537. The van der Waals surface area contributed by atoms with E-state index in [-0.39, 0.29) is 12.1 Å². The molecule has 0 atom stereocenters. The third kappa shape index (κ3) is 3.84. The molecule has 0 aromatic carbocycles. The fraction of sp³-hybridized carbons (Fsp3) is 0.643. The lowest BCUT2D eigenvalue weighted by Crippen LogP contribution is -2.28. The zero-order valence-electron chi connectivity index (χ0n) is 10.7. The smallest absolute Gasteiger partial charge is 0.331 e. The maximum Gasteiger partial charge on any atom is 0.331 e. The molecule has 0 N–H and O–H groups in total. The molecule has 1 aliphatic carbocycles. The van der Waals surface area contributed by atoms with Gasteiger partial charge in [0.15, 0.2) is 0 Å². The van der Waals surface area contributed by atoms with Crippen molar-refractivity contribution in [2.45, 2.75) is 46.6 Å². The summed E-state index contributed by atoms with van der Waals surface area (Å²) in [6.45, 7) is 8.34. The fourth-order valence-corrected chi connectivity index (χ4v) is 2.05. The van der Waals surface area contributed by atoms with Crippen LogP contribution in [0.25, 0.3) is 0 Å². The molecule has 0 fully saturated rings. The first kappa shape index (κ1) is 13.0. The molecule has 0 spiro atoms. The van der Waals surface area contributed by atoms with Crippen LogP contribution in [0.3, 0.4) is 0 Å². The summed E-state index contributed by atoms with van der Waals surface area (Å²) in [6.07, 6.45) is 7.72. The molecule has 90 valence electrons. The largest absolute Gasteiger partial charge is 0.459 e. The molecule has 1 rings (SSSR count). The SMILES string of the molecule is CC(C)C(OC(=O)/C=C1\C=CCC1)C(C)C. The molecule has 0 saturated heterocycles. The molecule has 0 bridgehead atoms. The summed E-state index contributed by atoms with van der Waals surface area (Å²) >= 11 is 0. The average molecular weight is 222 g/mol. The van der Waals surface area contributed by atoms with E-state index in [1.807, 2.05) is 6.08 Å². The maximum atomic E-state index is 11.7. The highest BCUT2D eigenvalue weighted by Gasteiger charge is 2.21. The van der Waals surface area contributed by atoms with Gasteiger partial charge in [0, 0.05) is 6.08 Å². The number of hydrogen-bond donors (Lipinski definition) is 0. The fourth-order valence-electron chi connectivity index (χ4n) is 2.05. The third-order valence-electron chi connectivity index (χ3n) is 2.80. The topological polar surface area (TPSA) is 26.3 Å². The van der Waals surface area contributed by atoms with Gasteiger partial charge in [-0.3, -0.25) is 0 Å². The molecular weight excluding hydrogens is 200 g/mol. The van der Waals surface area contributed by atoms with E-state index < -0.39 is 0 Å². The van der Waals surface area contributed by atoms with Crippen LogP contribution in [-0.4, -0.2) is 12.1 Å². The first-order valence-corrected chi connectivity index (χ1v) is 6.08. The van der Waals surface area contributed by atoms with Crippen LogP contribution < -0.4 is 0 Å². The molecule has 0 aromatic heterocycles. The summed E-state index contributed by atoms with van der Waals surface area (Å²) in [5, 5.41) is 0.